The number of hydrogen-bond donors (Lipinski definition) is 0. The van der Waals surface area contributed by atoms with Crippen molar-refractivity contribution < 1.29 is 23.3 Å². The summed E-state index contributed by atoms with van der Waals surface area (Å²) in [6.07, 6.45) is 1.55. The molecule has 0 saturated heterocycles. The van der Waals surface area contributed by atoms with Gasteiger partial charge in [-0.05, 0) is 43.7 Å². The number of allylic oxidation sites excluding steroid dienone is 1. The minimum absolute atomic E-state index is 0.0673. The number of thiazole rings is 1. The summed E-state index contributed by atoms with van der Waals surface area (Å²) in [7, 11) is 0. The second-order valence-corrected chi connectivity index (χ2v) is 9.37. The highest BCUT2D eigenvalue weighted by Gasteiger charge is 2.33. The van der Waals surface area contributed by atoms with Crippen LogP contribution in [-0.2, 0) is 9.53 Å². The third-order valence-electron chi connectivity index (χ3n) is 5.94. The number of nitro benzene ring substituents is 1. The number of halogens is 1. The molecule has 1 aliphatic rings. The lowest BCUT2D eigenvalue weighted by Crippen LogP contribution is -2.39. The van der Waals surface area contributed by atoms with E-state index in [-0.39, 0.29) is 17.9 Å². The molecule has 1 unspecified atom stereocenters. The summed E-state index contributed by atoms with van der Waals surface area (Å²) in [5.41, 5.74) is 1.17. The number of hydrogen-bond acceptors (Lipinski definition) is 8. The number of nitro groups is 1. The Morgan fingerprint density at radius 2 is 2.00 bits per heavy atom. The fourth-order valence-corrected chi connectivity index (χ4v) is 5.27. The first-order valence-corrected chi connectivity index (χ1v) is 12.4. The van der Waals surface area contributed by atoms with Crippen molar-refractivity contribution in [3.8, 4) is 11.3 Å². The lowest BCUT2D eigenvalue weighted by molar-refractivity contribution is -0.384. The number of fused-ring (bicyclic) bond motifs is 1. The molecule has 0 fully saturated rings. The third-order valence-corrected chi connectivity index (χ3v) is 6.93. The van der Waals surface area contributed by atoms with Gasteiger partial charge in [0.25, 0.3) is 11.2 Å². The molecule has 1 atom stereocenters. The van der Waals surface area contributed by atoms with Gasteiger partial charge in [-0.3, -0.25) is 19.5 Å². The van der Waals surface area contributed by atoms with E-state index in [1.54, 1.807) is 44.2 Å². The normalized spacial score (nSPS) is 15.2. The van der Waals surface area contributed by atoms with E-state index in [1.165, 1.54) is 41.0 Å². The van der Waals surface area contributed by atoms with Gasteiger partial charge < -0.3 is 9.15 Å². The van der Waals surface area contributed by atoms with Crippen LogP contribution in [0.4, 0.5) is 10.1 Å². The molecule has 192 valence electrons. The van der Waals surface area contributed by atoms with Crippen molar-refractivity contribution in [1.29, 1.82) is 0 Å². The summed E-state index contributed by atoms with van der Waals surface area (Å²) in [6, 6.07) is 14.1. The van der Waals surface area contributed by atoms with Crippen LogP contribution in [0, 0.1) is 15.9 Å². The number of ether oxygens (including phenoxy) is 1. The van der Waals surface area contributed by atoms with E-state index in [2.05, 4.69) is 4.99 Å². The summed E-state index contributed by atoms with van der Waals surface area (Å²) in [4.78, 5) is 42.0. The van der Waals surface area contributed by atoms with Crippen molar-refractivity contribution >= 4 is 29.1 Å². The van der Waals surface area contributed by atoms with Gasteiger partial charge >= 0.3 is 5.97 Å². The largest absolute Gasteiger partial charge is 0.463 e. The smallest absolute Gasteiger partial charge is 0.338 e. The molecule has 9 nitrogen and oxygen atoms in total. The Bertz CT molecular complexity index is 1780. The highest BCUT2D eigenvalue weighted by molar-refractivity contribution is 7.07. The second-order valence-electron chi connectivity index (χ2n) is 8.36. The first-order chi connectivity index (χ1) is 18.3. The van der Waals surface area contributed by atoms with Gasteiger partial charge in [-0.25, -0.2) is 14.2 Å². The van der Waals surface area contributed by atoms with Crippen molar-refractivity contribution in [2.75, 3.05) is 6.61 Å². The van der Waals surface area contributed by atoms with Crippen LogP contribution in [0.2, 0.25) is 0 Å². The Balaban J connectivity index is 1.61. The quantitative estimate of drug-likeness (QED) is 0.209. The molecule has 2 aromatic heterocycles. The molecule has 1 aliphatic heterocycles. The number of esters is 1. The topological polar surface area (TPSA) is 117 Å². The Morgan fingerprint density at radius 3 is 2.71 bits per heavy atom. The highest BCUT2D eigenvalue weighted by Crippen LogP contribution is 2.31. The van der Waals surface area contributed by atoms with E-state index in [0.717, 1.165) is 11.3 Å². The van der Waals surface area contributed by atoms with Crippen LogP contribution in [0.1, 0.15) is 31.2 Å². The molecule has 3 heterocycles. The van der Waals surface area contributed by atoms with Crippen LogP contribution >= 0.6 is 11.3 Å². The maximum absolute atomic E-state index is 13.7. The molecular weight excluding hydrogens is 513 g/mol. The minimum atomic E-state index is -0.856. The lowest BCUT2D eigenvalue weighted by atomic mass is 9.96. The molecule has 0 amide bonds. The number of benzene rings is 2. The van der Waals surface area contributed by atoms with E-state index in [9.17, 15) is 24.1 Å². The fourth-order valence-electron chi connectivity index (χ4n) is 4.24. The van der Waals surface area contributed by atoms with Crippen LogP contribution in [0.25, 0.3) is 17.4 Å². The summed E-state index contributed by atoms with van der Waals surface area (Å²) >= 11 is 1.12. The van der Waals surface area contributed by atoms with Crippen molar-refractivity contribution in [3.63, 3.8) is 0 Å². The van der Waals surface area contributed by atoms with Gasteiger partial charge in [-0.1, -0.05) is 35.6 Å². The molecule has 0 N–H and O–H groups in total. The predicted octanol–water partition coefficient (Wildman–Crippen LogP) is 4.11. The lowest BCUT2D eigenvalue weighted by Gasteiger charge is -2.24. The average Bonchev–Trinajstić information content (AvgIpc) is 3.48. The van der Waals surface area contributed by atoms with Crippen molar-refractivity contribution in [2.24, 2.45) is 4.99 Å². The standard InChI is InChI=1S/C27H20FN3O6S/c1-3-36-26(33)23-15(2)29-27-30(24(23)16-7-9-18(28)10-8-16)25(32)22(38-27)14-20-11-12-21(37-20)17-5-4-6-19(13-17)31(34)35/h4-14,24H,3H2,1-2H3/b22-14-. The van der Waals surface area contributed by atoms with Crippen molar-refractivity contribution in [3.05, 3.63) is 119 Å². The van der Waals surface area contributed by atoms with Crippen LogP contribution in [0.3, 0.4) is 0 Å². The average molecular weight is 534 g/mol. The van der Waals surface area contributed by atoms with Gasteiger partial charge in [0.05, 0.1) is 33.4 Å². The molecule has 0 radical (unpaired) electrons. The summed E-state index contributed by atoms with van der Waals surface area (Å²) in [6.45, 7) is 3.49. The Labute approximate surface area is 218 Å². The molecule has 5 rings (SSSR count). The number of non-ortho nitro benzene ring substituents is 1. The zero-order valence-corrected chi connectivity index (χ0v) is 21.0. The molecule has 0 aliphatic carbocycles. The van der Waals surface area contributed by atoms with Gasteiger partial charge in [-0.15, -0.1) is 0 Å². The maximum atomic E-state index is 13.7. The maximum Gasteiger partial charge on any atom is 0.338 e. The second kappa shape index (κ2) is 10.0. The van der Waals surface area contributed by atoms with E-state index in [1.807, 2.05) is 0 Å². The molecule has 0 bridgehead atoms. The monoisotopic (exact) mass is 533 g/mol. The summed E-state index contributed by atoms with van der Waals surface area (Å²) in [5, 5.41) is 11.1. The van der Waals surface area contributed by atoms with E-state index in [0.29, 0.717) is 37.7 Å². The predicted molar refractivity (Wildman–Crippen MR) is 138 cm³/mol. The number of carbonyl (C=O) groups is 1. The highest BCUT2D eigenvalue weighted by atomic mass is 32.1. The first-order valence-electron chi connectivity index (χ1n) is 11.6. The molecule has 11 heteroatoms. The van der Waals surface area contributed by atoms with E-state index in [4.69, 9.17) is 9.15 Å². The molecule has 0 saturated carbocycles. The molecule has 2 aromatic carbocycles. The van der Waals surface area contributed by atoms with Gasteiger partial charge in [0.15, 0.2) is 4.80 Å². The van der Waals surface area contributed by atoms with Gasteiger partial charge in [0.1, 0.15) is 17.3 Å². The van der Waals surface area contributed by atoms with Gasteiger partial charge in [0.2, 0.25) is 0 Å². The van der Waals surface area contributed by atoms with E-state index < -0.39 is 28.3 Å². The number of furan rings is 1. The number of rotatable bonds is 6. The third kappa shape index (κ3) is 4.59. The molecular formula is C27H20FN3O6S. The van der Waals surface area contributed by atoms with Gasteiger partial charge in [0, 0.05) is 23.8 Å². The molecule has 38 heavy (non-hydrogen) atoms. The van der Waals surface area contributed by atoms with Crippen LogP contribution in [0.5, 0.6) is 0 Å². The van der Waals surface area contributed by atoms with E-state index >= 15 is 0 Å². The van der Waals surface area contributed by atoms with Crippen molar-refractivity contribution in [1.82, 2.24) is 4.57 Å². The number of aromatic nitrogens is 1. The first kappa shape index (κ1) is 25.0. The molecule has 0 spiro atoms. The van der Waals surface area contributed by atoms with Crippen LogP contribution in [-0.4, -0.2) is 22.1 Å². The zero-order valence-electron chi connectivity index (χ0n) is 20.2. The van der Waals surface area contributed by atoms with Crippen LogP contribution in [0.15, 0.2) is 86.1 Å². The van der Waals surface area contributed by atoms with Crippen molar-refractivity contribution in [2.45, 2.75) is 19.9 Å². The van der Waals surface area contributed by atoms with Crippen LogP contribution < -0.4 is 14.9 Å². The Morgan fingerprint density at radius 1 is 1.24 bits per heavy atom. The summed E-state index contributed by atoms with van der Waals surface area (Å²) in [5.74, 6) is -0.296. The Kier molecular flexibility index (Phi) is 6.60. The fraction of sp³-hybridized carbons (Fsp3) is 0.148. The molecule has 4 aromatic rings. The van der Waals surface area contributed by atoms with Gasteiger partial charge in [-0.2, -0.15) is 0 Å². The zero-order chi connectivity index (χ0) is 27.0. The Hall–Kier alpha value is -4.64. The summed E-state index contributed by atoms with van der Waals surface area (Å²) < 4.78 is 26.5. The number of nitrogens with zero attached hydrogens (tertiary/aromatic N) is 3. The minimum Gasteiger partial charge on any atom is -0.463 e. The number of carbonyl (C=O) groups excluding carboxylic acids is 1. The SMILES string of the molecule is CCOC(=O)C1=C(C)N=c2s/c(=C\c3ccc(-c4cccc([N+](=O)[O-])c4)o3)c(=O)n2C1c1ccc(F)cc1.